The van der Waals surface area contributed by atoms with Gasteiger partial charge in [0.1, 0.15) is 4.88 Å². The Labute approximate surface area is 115 Å². The molecule has 2 rings (SSSR count). The molecule has 6 heteroatoms. The summed E-state index contributed by atoms with van der Waals surface area (Å²) < 4.78 is 1.84. The van der Waals surface area contributed by atoms with Crippen molar-refractivity contribution in [1.82, 2.24) is 15.1 Å². The van der Waals surface area contributed by atoms with Gasteiger partial charge in [0.05, 0.1) is 17.3 Å². The van der Waals surface area contributed by atoms with Gasteiger partial charge in [0.2, 0.25) is 0 Å². The molecule has 4 nitrogen and oxygen atoms in total. The smallest absolute Gasteiger partial charge is 0.262 e. The van der Waals surface area contributed by atoms with Crippen molar-refractivity contribution in [2.75, 3.05) is 6.54 Å². The minimum Gasteiger partial charge on any atom is -0.349 e. The van der Waals surface area contributed by atoms with E-state index in [1.165, 1.54) is 11.3 Å². The molecule has 0 fully saturated rings. The number of carbonyl (C=O) groups excluding carboxylic acids is 1. The van der Waals surface area contributed by atoms with Crippen LogP contribution in [0.15, 0.2) is 23.8 Å². The molecular formula is C12H14ClN3OS. The highest BCUT2D eigenvalue weighted by atomic mass is 35.5. The number of hydrogen-bond donors (Lipinski definition) is 1. The zero-order chi connectivity index (χ0) is 13.1. The van der Waals surface area contributed by atoms with Gasteiger partial charge in [-0.1, -0.05) is 11.6 Å². The van der Waals surface area contributed by atoms with E-state index in [1.54, 1.807) is 17.6 Å². The molecule has 0 aromatic carbocycles. The quantitative estimate of drug-likeness (QED) is 0.938. The lowest BCUT2D eigenvalue weighted by Gasteiger charge is -2.12. The summed E-state index contributed by atoms with van der Waals surface area (Å²) in [6, 6.07) is 1.84. The van der Waals surface area contributed by atoms with Crippen LogP contribution in [0.5, 0.6) is 0 Å². The summed E-state index contributed by atoms with van der Waals surface area (Å²) in [4.78, 5) is 12.4. The van der Waals surface area contributed by atoms with Crippen LogP contribution >= 0.6 is 22.9 Å². The highest BCUT2D eigenvalue weighted by Gasteiger charge is 2.13. The first kappa shape index (κ1) is 13.1. The third kappa shape index (κ3) is 2.91. The van der Waals surface area contributed by atoms with Gasteiger partial charge in [0, 0.05) is 12.7 Å². The molecule has 0 radical (unpaired) electrons. The summed E-state index contributed by atoms with van der Waals surface area (Å²) in [6.07, 6.45) is 3.75. The maximum atomic E-state index is 11.9. The van der Waals surface area contributed by atoms with E-state index in [0.717, 1.165) is 5.56 Å². The number of amides is 1. The van der Waals surface area contributed by atoms with E-state index >= 15 is 0 Å². The molecule has 0 aliphatic heterocycles. The third-order valence-electron chi connectivity index (χ3n) is 2.56. The second-order valence-corrected chi connectivity index (χ2v) is 5.48. The van der Waals surface area contributed by atoms with Gasteiger partial charge in [-0.2, -0.15) is 5.10 Å². The minimum atomic E-state index is -0.134. The molecule has 18 heavy (non-hydrogen) atoms. The van der Waals surface area contributed by atoms with E-state index in [1.807, 2.05) is 24.7 Å². The molecule has 96 valence electrons. The van der Waals surface area contributed by atoms with Gasteiger partial charge >= 0.3 is 0 Å². The predicted octanol–water partition coefficient (Wildman–Crippen LogP) is 2.90. The number of aromatic nitrogens is 2. The van der Waals surface area contributed by atoms with Crippen molar-refractivity contribution in [2.45, 2.75) is 19.9 Å². The van der Waals surface area contributed by atoms with Crippen LogP contribution < -0.4 is 5.32 Å². The van der Waals surface area contributed by atoms with E-state index in [2.05, 4.69) is 10.4 Å². The van der Waals surface area contributed by atoms with Crippen LogP contribution in [-0.2, 0) is 0 Å². The maximum absolute atomic E-state index is 11.9. The number of carbonyl (C=O) groups is 1. The monoisotopic (exact) mass is 283 g/mol. The first-order valence-corrected chi connectivity index (χ1v) is 6.85. The number of aryl methyl sites for hydroxylation is 1. The van der Waals surface area contributed by atoms with Gasteiger partial charge in [-0.05, 0) is 30.9 Å². The normalized spacial score (nSPS) is 12.4. The molecule has 0 aliphatic carbocycles. The average molecular weight is 284 g/mol. The lowest BCUT2D eigenvalue weighted by atomic mass is 10.3. The fraction of sp³-hybridized carbons (Fsp3) is 0.333. The van der Waals surface area contributed by atoms with Crippen LogP contribution in [0, 0.1) is 6.92 Å². The van der Waals surface area contributed by atoms with Crippen molar-refractivity contribution in [3.05, 3.63) is 39.3 Å². The molecule has 0 saturated carbocycles. The fourth-order valence-electron chi connectivity index (χ4n) is 1.54. The van der Waals surface area contributed by atoms with Crippen LogP contribution in [0.4, 0.5) is 0 Å². The highest BCUT2D eigenvalue weighted by Crippen LogP contribution is 2.21. The predicted molar refractivity (Wildman–Crippen MR) is 73.3 cm³/mol. The van der Waals surface area contributed by atoms with Gasteiger partial charge in [-0.3, -0.25) is 9.48 Å². The standard InChI is InChI=1S/C12H14ClN3OS/c1-8-5-15-16(7-8)9(2)6-14-12(17)11-10(13)3-4-18-11/h3-5,7,9H,6H2,1-2H3,(H,14,17)/t9-/m0/s1. The molecule has 0 saturated heterocycles. The Kier molecular flexibility index (Phi) is 4.04. The Morgan fingerprint density at radius 1 is 1.67 bits per heavy atom. The minimum absolute atomic E-state index is 0.112. The van der Waals surface area contributed by atoms with Gasteiger partial charge < -0.3 is 5.32 Å². The van der Waals surface area contributed by atoms with Crippen molar-refractivity contribution in [3.8, 4) is 0 Å². The van der Waals surface area contributed by atoms with Crippen molar-refractivity contribution < 1.29 is 4.79 Å². The van der Waals surface area contributed by atoms with E-state index in [4.69, 9.17) is 11.6 Å². The number of thiophene rings is 1. The van der Waals surface area contributed by atoms with Gasteiger partial charge in [-0.25, -0.2) is 0 Å². The molecule has 1 amide bonds. The molecule has 0 spiro atoms. The van der Waals surface area contributed by atoms with Crippen LogP contribution in [0.1, 0.15) is 28.2 Å². The molecule has 2 aromatic rings. The van der Waals surface area contributed by atoms with Crippen LogP contribution in [0.25, 0.3) is 0 Å². The topological polar surface area (TPSA) is 46.9 Å². The number of nitrogens with zero attached hydrogens (tertiary/aromatic N) is 2. The summed E-state index contributed by atoms with van der Waals surface area (Å²) >= 11 is 7.25. The zero-order valence-corrected chi connectivity index (χ0v) is 11.8. The first-order chi connectivity index (χ1) is 8.58. The second kappa shape index (κ2) is 5.54. The molecule has 1 N–H and O–H groups in total. The van der Waals surface area contributed by atoms with Crippen LogP contribution in [0.2, 0.25) is 5.02 Å². The second-order valence-electron chi connectivity index (χ2n) is 4.15. The van der Waals surface area contributed by atoms with Crippen LogP contribution in [-0.4, -0.2) is 22.2 Å². The molecule has 0 unspecified atom stereocenters. The number of halogens is 1. The van der Waals surface area contributed by atoms with Crippen molar-refractivity contribution in [2.24, 2.45) is 0 Å². The number of rotatable bonds is 4. The van der Waals surface area contributed by atoms with E-state index in [0.29, 0.717) is 16.4 Å². The van der Waals surface area contributed by atoms with Crippen molar-refractivity contribution >= 4 is 28.8 Å². The summed E-state index contributed by atoms with van der Waals surface area (Å²) in [5, 5.41) is 9.38. The summed E-state index contributed by atoms with van der Waals surface area (Å²) in [6.45, 7) is 4.51. The Hall–Kier alpha value is -1.33. The van der Waals surface area contributed by atoms with E-state index in [-0.39, 0.29) is 11.9 Å². The van der Waals surface area contributed by atoms with E-state index < -0.39 is 0 Å². The van der Waals surface area contributed by atoms with Gasteiger partial charge in [0.15, 0.2) is 0 Å². The summed E-state index contributed by atoms with van der Waals surface area (Å²) in [7, 11) is 0. The van der Waals surface area contributed by atoms with Crippen LogP contribution in [0.3, 0.4) is 0 Å². The maximum Gasteiger partial charge on any atom is 0.262 e. The summed E-state index contributed by atoms with van der Waals surface area (Å²) in [5.74, 6) is -0.134. The summed E-state index contributed by atoms with van der Waals surface area (Å²) in [5.41, 5.74) is 1.11. The Balaban J connectivity index is 1.92. The van der Waals surface area contributed by atoms with Crippen molar-refractivity contribution in [3.63, 3.8) is 0 Å². The number of nitrogens with one attached hydrogen (secondary N) is 1. The molecule has 2 aromatic heterocycles. The zero-order valence-electron chi connectivity index (χ0n) is 10.2. The molecule has 0 bridgehead atoms. The highest BCUT2D eigenvalue weighted by molar-refractivity contribution is 7.12. The molecule has 2 heterocycles. The molecular weight excluding hydrogens is 270 g/mol. The van der Waals surface area contributed by atoms with Crippen molar-refractivity contribution in [1.29, 1.82) is 0 Å². The Morgan fingerprint density at radius 2 is 2.44 bits per heavy atom. The lowest BCUT2D eigenvalue weighted by molar-refractivity contribution is 0.0952. The Morgan fingerprint density at radius 3 is 3.00 bits per heavy atom. The Bertz CT molecular complexity index is 549. The third-order valence-corrected chi connectivity index (χ3v) is 3.90. The SMILES string of the molecule is Cc1cnn([C@@H](C)CNC(=O)c2sccc2Cl)c1. The van der Waals surface area contributed by atoms with E-state index in [9.17, 15) is 4.79 Å². The van der Waals surface area contributed by atoms with Gasteiger partial charge in [0.25, 0.3) is 5.91 Å². The average Bonchev–Trinajstić information content (AvgIpc) is 2.94. The number of hydrogen-bond acceptors (Lipinski definition) is 3. The largest absolute Gasteiger partial charge is 0.349 e. The first-order valence-electron chi connectivity index (χ1n) is 5.60. The lowest BCUT2D eigenvalue weighted by Crippen LogP contribution is -2.29. The van der Waals surface area contributed by atoms with Gasteiger partial charge in [-0.15, -0.1) is 11.3 Å². The fourth-order valence-corrected chi connectivity index (χ4v) is 2.60. The molecule has 1 atom stereocenters. The molecule has 0 aliphatic rings.